The average molecular weight is 531 g/mol. The maximum absolute atomic E-state index is 14.6. The molecule has 8 nitrogen and oxygen atoms in total. The summed E-state index contributed by atoms with van der Waals surface area (Å²) < 4.78 is 34.3. The first-order chi connectivity index (χ1) is 17.8. The third-order valence-corrected chi connectivity index (χ3v) is 7.38. The third kappa shape index (κ3) is 5.26. The molecule has 0 spiro atoms. The molecule has 0 aliphatic carbocycles. The van der Waals surface area contributed by atoms with Gasteiger partial charge in [-0.25, -0.2) is 13.8 Å². The number of fused-ring (bicyclic) bond motifs is 1. The molecule has 0 unspecified atom stereocenters. The van der Waals surface area contributed by atoms with Gasteiger partial charge in [0.05, 0.1) is 24.4 Å². The van der Waals surface area contributed by atoms with E-state index in [0.29, 0.717) is 29.9 Å². The summed E-state index contributed by atoms with van der Waals surface area (Å²) in [5, 5.41) is 6.91. The molecule has 2 fully saturated rings. The lowest BCUT2D eigenvalue weighted by molar-refractivity contribution is -0.134. The molecule has 1 aromatic heterocycles. The fraction of sp³-hybridized carbons (Fsp3) is 0.423. The molecule has 196 valence electrons. The van der Waals surface area contributed by atoms with Crippen LogP contribution in [0, 0.1) is 11.6 Å². The van der Waals surface area contributed by atoms with Gasteiger partial charge in [-0.05, 0) is 56.5 Å². The van der Waals surface area contributed by atoms with Crippen molar-refractivity contribution in [3.05, 3.63) is 47.0 Å². The van der Waals surface area contributed by atoms with Crippen LogP contribution in [0.3, 0.4) is 0 Å². The summed E-state index contributed by atoms with van der Waals surface area (Å²) in [5.41, 5.74) is 0.618. The first-order valence-corrected chi connectivity index (χ1v) is 12.7. The minimum absolute atomic E-state index is 0.0557. The van der Waals surface area contributed by atoms with Crippen molar-refractivity contribution in [3.8, 4) is 5.75 Å². The molecule has 1 atom stereocenters. The molecule has 2 aliphatic rings. The lowest BCUT2D eigenvalue weighted by atomic mass is 10.0. The summed E-state index contributed by atoms with van der Waals surface area (Å²) >= 11 is 5.89. The first-order valence-electron chi connectivity index (χ1n) is 12.4. The van der Waals surface area contributed by atoms with E-state index in [1.165, 1.54) is 31.4 Å². The van der Waals surface area contributed by atoms with Crippen molar-refractivity contribution >= 4 is 45.9 Å². The number of nitrogens with zero attached hydrogens (tertiary/aromatic N) is 4. The lowest BCUT2D eigenvalue weighted by Crippen LogP contribution is -2.50. The number of rotatable bonds is 6. The highest BCUT2D eigenvalue weighted by molar-refractivity contribution is 6.30. The number of carbonyl (C=O) groups is 1. The molecule has 5 rings (SSSR count). The van der Waals surface area contributed by atoms with Crippen LogP contribution in [0.25, 0.3) is 10.9 Å². The highest BCUT2D eigenvalue weighted by Gasteiger charge is 2.31. The number of methoxy groups -OCH3 is 1. The second-order valence-electron chi connectivity index (χ2n) is 9.44. The van der Waals surface area contributed by atoms with E-state index in [0.717, 1.165) is 32.2 Å². The molecule has 0 bridgehead atoms. The number of piperidine rings is 1. The predicted octanol–water partition coefficient (Wildman–Crippen LogP) is 4.49. The summed E-state index contributed by atoms with van der Waals surface area (Å²) in [6, 6.07) is 7.07. The number of hydrogen-bond donors (Lipinski definition) is 2. The second kappa shape index (κ2) is 10.6. The molecule has 11 heteroatoms. The Morgan fingerprint density at radius 3 is 2.62 bits per heavy atom. The zero-order chi connectivity index (χ0) is 26.1. The van der Waals surface area contributed by atoms with Crippen LogP contribution in [-0.2, 0) is 4.79 Å². The van der Waals surface area contributed by atoms with E-state index in [2.05, 4.69) is 20.6 Å². The Hall–Kier alpha value is -3.24. The number of aromatic nitrogens is 2. The van der Waals surface area contributed by atoms with Gasteiger partial charge in [0.1, 0.15) is 11.6 Å². The van der Waals surface area contributed by atoms with Gasteiger partial charge in [-0.15, -0.1) is 0 Å². The number of halogens is 3. The molecular formula is C26H29ClF2N6O2. The highest BCUT2D eigenvalue weighted by Crippen LogP contribution is 2.33. The number of nitrogens with one attached hydrogen (secondary N) is 2. The Balaban J connectivity index is 1.41. The standard InChI is InChI=1S/C26H29ClF2N6O2/c1-34(25(36)21-4-3-9-30-21)16-7-10-35(11-8-16)26-32-22-14-23(37-2)19(29)13-17(22)24(33-26)31-20-6-5-15(27)12-18(20)28/h5-6,12-14,16,21,30H,3-4,7-11H2,1-2H3,(H,31,32,33)/t21-/m1/s1. The van der Waals surface area contributed by atoms with Crippen molar-refractivity contribution < 1.29 is 18.3 Å². The van der Waals surface area contributed by atoms with Crippen molar-refractivity contribution in [2.75, 3.05) is 44.0 Å². The number of ether oxygens (including phenoxy) is 1. The van der Waals surface area contributed by atoms with Crippen molar-refractivity contribution in [1.82, 2.24) is 20.2 Å². The van der Waals surface area contributed by atoms with Gasteiger partial charge in [0.2, 0.25) is 11.9 Å². The van der Waals surface area contributed by atoms with E-state index in [9.17, 15) is 13.6 Å². The Morgan fingerprint density at radius 1 is 1.16 bits per heavy atom. The van der Waals surface area contributed by atoms with Crippen LogP contribution in [0.4, 0.5) is 26.2 Å². The van der Waals surface area contributed by atoms with Gasteiger partial charge in [-0.2, -0.15) is 4.98 Å². The molecule has 2 N–H and O–H groups in total. The Bertz CT molecular complexity index is 1310. The van der Waals surface area contributed by atoms with E-state index < -0.39 is 11.6 Å². The maximum Gasteiger partial charge on any atom is 0.239 e. The van der Waals surface area contributed by atoms with Gasteiger partial charge in [0, 0.05) is 42.7 Å². The lowest BCUT2D eigenvalue weighted by Gasteiger charge is -2.37. The predicted molar refractivity (Wildman–Crippen MR) is 140 cm³/mol. The van der Waals surface area contributed by atoms with E-state index in [1.807, 2.05) is 16.8 Å². The quantitative estimate of drug-likeness (QED) is 0.486. The number of carbonyl (C=O) groups excluding carboxylic acids is 1. The number of likely N-dealkylation sites (N-methyl/N-ethyl adjacent to an activating group) is 1. The summed E-state index contributed by atoms with van der Waals surface area (Å²) in [7, 11) is 3.26. The van der Waals surface area contributed by atoms with Crippen molar-refractivity contribution in [3.63, 3.8) is 0 Å². The summed E-state index contributed by atoms with van der Waals surface area (Å²) in [6.45, 7) is 2.16. The maximum atomic E-state index is 14.6. The molecule has 3 heterocycles. The van der Waals surface area contributed by atoms with Crippen LogP contribution < -0.4 is 20.3 Å². The van der Waals surface area contributed by atoms with Gasteiger partial charge in [-0.3, -0.25) is 4.79 Å². The monoisotopic (exact) mass is 530 g/mol. The molecule has 37 heavy (non-hydrogen) atoms. The zero-order valence-corrected chi connectivity index (χ0v) is 21.5. The van der Waals surface area contributed by atoms with E-state index in [4.69, 9.17) is 16.3 Å². The number of amides is 1. The second-order valence-corrected chi connectivity index (χ2v) is 9.88. The van der Waals surface area contributed by atoms with Gasteiger partial charge in [-0.1, -0.05) is 11.6 Å². The molecule has 2 aromatic carbocycles. The molecule has 0 saturated carbocycles. The topological polar surface area (TPSA) is 82.6 Å². The zero-order valence-electron chi connectivity index (χ0n) is 20.7. The van der Waals surface area contributed by atoms with Crippen LogP contribution >= 0.6 is 11.6 Å². The fourth-order valence-electron chi connectivity index (χ4n) is 5.00. The SMILES string of the molecule is COc1cc2nc(N3CCC(N(C)C(=O)[C@H]4CCCN4)CC3)nc(Nc3ccc(Cl)cc3F)c2cc1F. The van der Waals surface area contributed by atoms with Crippen molar-refractivity contribution in [2.24, 2.45) is 0 Å². The molecule has 2 saturated heterocycles. The summed E-state index contributed by atoms with van der Waals surface area (Å²) in [6.07, 6.45) is 3.42. The molecule has 3 aromatic rings. The van der Waals surface area contributed by atoms with Gasteiger partial charge in [0.25, 0.3) is 0 Å². The first kappa shape index (κ1) is 25.4. The highest BCUT2D eigenvalue weighted by atomic mass is 35.5. The third-order valence-electron chi connectivity index (χ3n) is 7.14. The summed E-state index contributed by atoms with van der Waals surface area (Å²) in [4.78, 5) is 26.1. The van der Waals surface area contributed by atoms with Gasteiger partial charge in [0.15, 0.2) is 11.6 Å². The van der Waals surface area contributed by atoms with Crippen LogP contribution in [0.15, 0.2) is 30.3 Å². The molecular weight excluding hydrogens is 502 g/mol. The smallest absolute Gasteiger partial charge is 0.239 e. The molecule has 1 amide bonds. The van der Waals surface area contributed by atoms with Gasteiger partial charge < -0.3 is 25.2 Å². The minimum atomic E-state index is -0.573. The number of anilines is 3. The van der Waals surface area contributed by atoms with E-state index in [1.54, 1.807) is 6.07 Å². The van der Waals surface area contributed by atoms with Gasteiger partial charge >= 0.3 is 0 Å². The summed E-state index contributed by atoms with van der Waals surface area (Å²) in [5.74, 6) is -0.229. The molecule has 0 radical (unpaired) electrons. The van der Waals surface area contributed by atoms with E-state index >= 15 is 0 Å². The molecule has 2 aliphatic heterocycles. The minimum Gasteiger partial charge on any atom is -0.494 e. The van der Waals surface area contributed by atoms with Crippen LogP contribution in [-0.4, -0.2) is 66.7 Å². The fourth-order valence-corrected chi connectivity index (χ4v) is 5.16. The van der Waals surface area contributed by atoms with Crippen LogP contribution in [0.5, 0.6) is 5.75 Å². The van der Waals surface area contributed by atoms with Crippen molar-refractivity contribution in [1.29, 1.82) is 0 Å². The Labute approximate surface area is 219 Å². The van der Waals surface area contributed by atoms with E-state index in [-0.39, 0.29) is 40.3 Å². The van der Waals surface area contributed by atoms with Crippen LogP contribution in [0.1, 0.15) is 25.7 Å². The Kier molecular flexibility index (Phi) is 7.30. The number of hydrogen-bond acceptors (Lipinski definition) is 7. The van der Waals surface area contributed by atoms with Crippen molar-refractivity contribution in [2.45, 2.75) is 37.8 Å². The largest absolute Gasteiger partial charge is 0.494 e. The van der Waals surface area contributed by atoms with Crippen LogP contribution in [0.2, 0.25) is 5.02 Å². The average Bonchev–Trinajstić information content (AvgIpc) is 3.44. The Morgan fingerprint density at radius 2 is 1.95 bits per heavy atom. The number of benzene rings is 2. The normalized spacial score (nSPS) is 18.3.